The number of rotatable bonds is 4. The van der Waals surface area contributed by atoms with Gasteiger partial charge >= 0.3 is 0 Å². The lowest BCUT2D eigenvalue weighted by atomic mass is 9.88. The average molecular weight is 217 g/mol. The maximum absolute atomic E-state index is 3.66. The van der Waals surface area contributed by atoms with E-state index >= 15 is 0 Å². The minimum atomic E-state index is 0.736. The third-order valence-corrected chi connectivity index (χ3v) is 3.56. The molecular formula is C15H23N. The minimum absolute atomic E-state index is 0.736. The van der Waals surface area contributed by atoms with E-state index in [0.29, 0.717) is 0 Å². The van der Waals surface area contributed by atoms with Crippen molar-refractivity contribution in [3.05, 3.63) is 35.9 Å². The van der Waals surface area contributed by atoms with Gasteiger partial charge in [0, 0.05) is 6.04 Å². The molecule has 1 N–H and O–H groups in total. The molecule has 1 aliphatic rings. The van der Waals surface area contributed by atoms with Gasteiger partial charge in [-0.2, -0.15) is 0 Å². The lowest BCUT2D eigenvalue weighted by molar-refractivity contribution is 0.375. The summed E-state index contributed by atoms with van der Waals surface area (Å²) in [6.45, 7) is 5.84. The predicted octanol–water partition coefficient (Wildman–Crippen LogP) is 3.25. The summed E-state index contributed by atoms with van der Waals surface area (Å²) >= 11 is 0. The second kappa shape index (κ2) is 5.49. The fraction of sp³-hybridized carbons (Fsp3) is 0.600. The zero-order valence-corrected chi connectivity index (χ0v) is 10.4. The van der Waals surface area contributed by atoms with Gasteiger partial charge in [-0.05, 0) is 43.2 Å². The quantitative estimate of drug-likeness (QED) is 0.816. The van der Waals surface area contributed by atoms with Crippen molar-refractivity contribution in [2.45, 2.75) is 39.2 Å². The van der Waals surface area contributed by atoms with E-state index in [-0.39, 0.29) is 0 Å². The van der Waals surface area contributed by atoms with Crippen molar-refractivity contribution in [2.75, 3.05) is 6.54 Å². The van der Waals surface area contributed by atoms with Crippen molar-refractivity contribution < 1.29 is 0 Å². The van der Waals surface area contributed by atoms with E-state index in [2.05, 4.69) is 49.5 Å². The summed E-state index contributed by atoms with van der Waals surface area (Å²) in [6.07, 6.45) is 3.90. The standard InChI is InChI=1S/C15H23N/c1-12(2)10-15-14(8-9-16-15)11-13-6-4-3-5-7-13/h3-7,12,14-16H,8-11H2,1-2H3/t14-,15+/m0/s1. The molecule has 88 valence electrons. The highest BCUT2D eigenvalue weighted by Crippen LogP contribution is 2.25. The van der Waals surface area contributed by atoms with Crippen LogP contribution in [0.3, 0.4) is 0 Å². The first kappa shape index (κ1) is 11.7. The molecule has 0 aliphatic carbocycles. The van der Waals surface area contributed by atoms with Crippen molar-refractivity contribution in [2.24, 2.45) is 11.8 Å². The Hall–Kier alpha value is -0.820. The van der Waals surface area contributed by atoms with Crippen LogP contribution < -0.4 is 5.32 Å². The van der Waals surface area contributed by atoms with Crippen LogP contribution in [0.25, 0.3) is 0 Å². The Morgan fingerprint density at radius 2 is 2.00 bits per heavy atom. The zero-order chi connectivity index (χ0) is 11.4. The lowest BCUT2D eigenvalue weighted by Gasteiger charge is -2.21. The first-order valence-corrected chi connectivity index (χ1v) is 6.53. The maximum Gasteiger partial charge on any atom is 0.0101 e. The summed E-state index contributed by atoms with van der Waals surface area (Å²) < 4.78 is 0. The Kier molecular flexibility index (Phi) is 4.00. The summed E-state index contributed by atoms with van der Waals surface area (Å²) in [6, 6.07) is 11.6. The van der Waals surface area contributed by atoms with Gasteiger partial charge in [-0.15, -0.1) is 0 Å². The minimum Gasteiger partial charge on any atom is -0.314 e. The van der Waals surface area contributed by atoms with Crippen LogP contribution >= 0.6 is 0 Å². The monoisotopic (exact) mass is 217 g/mol. The second-order valence-corrected chi connectivity index (χ2v) is 5.43. The van der Waals surface area contributed by atoms with Gasteiger partial charge in [-0.3, -0.25) is 0 Å². The Bertz CT molecular complexity index is 304. The molecule has 0 unspecified atom stereocenters. The number of nitrogens with one attached hydrogen (secondary N) is 1. The highest BCUT2D eigenvalue weighted by atomic mass is 14.9. The van der Waals surface area contributed by atoms with Crippen LogP contribution in [0.1, 0.15) is 32.3 Å². The van der Waals surface area contributed by atoms with E-state index in [1.165, 1.54) is 31.4 Å². The van der Waals surface area contributed by atoms with E-state index in [0.717, 1.165) is 17.9 Å². The Labute approximate surface area is 99.3 Å². The van der Waals surface area contributed by atoms with E-state index in [1.807, 2.05) is 0 Å². The third-order valence-electron chi connectivity index (χ3n) is 3.56. The van der Waals surface area contributed by atoms with Crippen LogP contribution in [0.5, 0.6) is 0 Å². The summed E-state index contributed by atoms with van der Waals surface area (Å²) in [7, 11) is 0. The molecular weight excluding hydrogens is 194 g/mol. The zero-order valence-electron chi connectivity index (χ0n) is 10.4. The molecule has 16 heavy (non-hydrogen) atoms. The molecule has 1 aromatic rings. The molecule has 1 nitrogen and oxygen atoms in total. The summed E-state index contributed by atoms with van der Waals surface area (Å²) in [5, 5.41) is 3.66. The van der Waals surface area contributed by atoms with Gasteiger partial charge in [0.15, 0.2) is 0 Å². The molecule has 1 heteroatoms. The van der Waals surface area contributed by atoms with Crippen molar-refractivity contribution in [1.29, 1.82) is 0 Å². The van der Waals surface area contributed by atoms with Crippen molar-refractivity contribution >= 4 is 0 Å². The molecule has 1 heterocycles. The smallest absolute Gasteiger partial charge is 0.0101 e. The first-order valence-electron chi connectivity index (χ1n) is 6.53. The van der Waals surface area contributed by atoms with Gasteiger partial charge < -0.3 is 5.32 Å². The number of hydrogen-bond acceptors (Lipinski definition) is 1. The van der Waals surface area contributed by atoms with Crippen LogP contribution in [0.15, 0.2) is 30.3 Å². The molecule has 1 fully saturated rings. The van der Waals surface area contributed by atoms with E-state index < -0.39 is 0 Å². The van der Waals surface area contributed by atoms with E-state index in [4.69, 9.17) is 0 Å². The molecule has 0 radical (unpaired) electrons. The topological polar surface area (TPSA) is 12.0 Å². The summed E-state index contributed by atoms with van der Waals surface area (Å²) in [5.41, 5.74) is 1.49. The highest BCUT2D eigenvalue weighted by Gasteiger charge is 2.26. The molecule has 1 aromatic carbocycles. The molecule has 2 rings (SSSR count). The number of benzene rings is 1. The van der Waals surface area contributed by atoms with Crippen LogP contribution in [0, 0.1) is 11.8 Å². The van der Waals surface area contributed by atoms with Crippen LogP contribution in [0.2, 0.25) is 0 Å². The van der Waals surface area contributed by atoms with Crippen LogP contribution in [0.4, 0.5) is 0 Å². The Morgan fingerprint density at radius 1 is 1.25 bits per heavy atom. The molecule has 0 amide bonds. The SMILES string of the molecule is CC(C)C[C@H]1NCC[C@H]1Cc1ccccc1. The summed E-state index contributed by atoms with van der Waals surface area (Å²) in [5.74, 6) is 1.64. The van der Waals surface area contributed by atoms with Crippen LogP contribution in [-0.4, -0.2) is 12.6 Å². The van der Waals surface area contributed by atoms with Gasteiger partial charge in [0.1, 0.15) is 0 Å². The Morgan fingerprint density at radius 3 is 2.69 bits per heavy atom. The molecule has 1 aliphatic heterocycles. The van der Waals surface area contributed by atoms with E-state index in [9.17, 15) is 0 Å². The largest absolute Gasteiger partial charge is 0.314 e. The van der Waals surface area contributed by atoms with Gasteiger partial charge in [-0.1, -0.05) is 44.2 Å². The van der Waals surface area contributed by atoms with Gasteiger partial charge in [0.2, 0.25) is 0 Å². The van der Waals surface area contributed by atoms with Gasteiger partial charge in [0.25, 0.3) is 0 Å². The summed E-state index contributed by atoms with van der Waals surface area (Å²) in [4.78, 5) is 0. The van der Waals surface area contributed by atoms with Gasteiger partial charge in [-0.25, -0.2) is 0 Å². The van der Waals surface area contributed by atoms with E-state index in [1.54, 1.807) is 0 Å². The third kappa shape index (κ3) is 3.08. The lowest BCUT2D eigenvalue weighted by Crippen LogP contribution is -2.29. The molecule has 2 atom stereocenters. The average Bonchev–Trinajstić information content (AvgIpc) is 2.66. The predicted molar refractivity (Wildman–Crippen MR) is 69.5 cm³/mol. The highest BCUT2D eigenvalue weighted by molar-refractivity contribution is 5.16. The molecule has 0 aromatic heterocycles. The molecule has 0 bridgehead atoms. The number of hydrogen-bond donors (Lipinski definition) is 1. The van der Waals surface area contributed by atoms with Crippen molar-refractivity contribution in [1.82, 2.24) is 5.32 Å². The maximum atomic E-state index is 3.66. The molecule has 0 spiro atoms. The molecule has 0 saturated carbocycles. The first-order chi connectivity index (χ1) is 7.75. The van der Waals surface area contributed by atoms with Crippen molar-refractivity contribution in [3.8, 4) is 0 Å². The fourth-order valence-corrected chi connectivity index (χ4v) is 2.77. The normalized spacial score (nSPS) is 25.2. The van der Waals surface area contributed by atoms with Crippen LogP contribution in [-0.2, 0) is 6.42 Å². The van der Waals surface area contributed by atoms with Crippen molar-refractivity contribution in [3.63, 3.8) is 0 Å². The molecule has 1 saturated heterocycles. The fourth-order valence-electron chi connectivity index (χ4n) is 2.77. The second-order valence-electron chi connectivity index (χ2n) is 5.43. The Balaban J connectivity index is 1.93. The van der Waals surface area contributed by atoms with Gasteiger partial charge in [0.05, 0.1) is 0 Å².